The van der Waals surface area contributed by atoms with E-state index >= 15 is 0 Å². The van der Waals surface area contributed by atoms with Crippen molar-refractivity contribution >= 4 is 22.2 Å². The number of Topliss-reactive ketones (excluding diaryl/α,β-unsaturated/α-hetero) is 1. The van der Waals surface area contributed by atoms with Crippen LogP contribution in [0.2, 0.25) is 0 Å². The van der Waals surface area contributed by atoms with Crippen LogP contribution in [0.5, 0.6) is 0 Å². The minimum Gasteiger partial charge on any atom is -0.377 e. The lowest BCUT2D eigenvalue weighted by atomic mass is 9.90. The molecule has 1 aliphatic heterocycles. The maximum Gasteiger partial charge on any atom is 0.162 e. The molecule has 3 heteroatoms. The summed E-state index contributed by atoms with van der Waals surface area (Å²) < 4.78 is 5.83. The number of ether oxygens (including phenoxy) is 1. The fourth-order valence-electron chi connectivity index (χ4n) is 4.57. The second-order valence-corrected chi connectivity index (χ2v) is 8.30. The summed E-state index contributed by atoms with van der Waals surface area (Å²) in [7, 11) is 0. The number of hydrogen-bond acceptors (Lipinski definition) is 3. The first kappa shape index (κ1) is 20.6. The van der Waals surface area contributed by atoms with E-state index in [0.717, 1.165) is 43.9 Å². The Kier molecular flexibility index (Phi) is 6.49. The summed E-state index contributed by atoms with van der Waals surface area (Å²) in [4.78, 5) is 14.6. The molecule has 0 aromatic heterocycles. The largest absolute Gasteiger partial charge is 0.377 e. The van der Waals surface area contributed by atoms with Gasteiger partial charge in [0.1, 0.15) is 0 Å². The zero-order valence-electron chi connectivity index (χ0n) is 18.0. The van der Waals surface area contributed by atoms with Gasteiger partial charge < -0.3 is 9.64 Å². The number of morpholine rings is 1. The normalized spacial score (nSPS) is 17.8. The fraction of sp³-hybridized carbons (Fsp3) is 0.370. The molecule has 0 saturated carbocycles. The van der Waals surface area contributed by atoms with Crippen molar-refractivity contribution in [2.24, 2.45) is 0 Å². The molecule has 0 radical (unpaired) electrons. The Hall–Kier alpha value is -2.65. The molecule has 3 aromatic carbocycles. The molecule has 4 rings (SSSR count). The van der Waals surface area contributed by atoms with Crippen molar-refractivity contribution in [3.05, 3.63) is 77.9 Å². The number of hydrogen-bond donors (Lipinski definition) is 0. The van der Waals surface area contributed by atoms with E-state index in [-0.39, 0.29) is 5.78 Å². The van der Waals surface area contributed by atoms with Crippen LogP contribution in [0.3, 0.4) is 0 Å². The maximum atomic E-state index is 12.2. The van der Waals surface area contributed by atoms with Gasteiger partial charge in [-0.3, -0.25) is 4.79 Å². The molecule has 1 saturated heterocycles. The highest BCUT2D eigenvalue weighted by atomic mass is 16.5. The predicted octanol–water partition coefficient (Wildman–Crippen LogP) is 6.22. The summed E-state index contributed by atoms with van der Waals surface area (Å²) >= 11 is 0. The molecule has 1 heterocycles. The van der Waals surface area contributed by atoms with Crippen LogP contribution in [0.25, 0.3) is 10.8 Å². The average Bonchev–Trinajstić information content (AvgIpc) is 2.82. The van der Waals surface area contributed by atoms with E-state index in [4.69, 9.17) is 4.74 Å². The van der Waals surface area contributed by atoms with Crippen molar-refractivity contribution in [3.8, 4) is 0 Å². The van der Waals surface area contributed by atoms with Crippen LogP contribution in [0.1, 0.15) is 54.9 Å². The molecule has 3 aromatic rings. The molecular weight excluding hydrogens is 370 g/mol. The van der Waals surface area contributed by atoms with Crippen molar-refractivity contribution in [2.45, 2.75) is 45.1 Å². The number of carbonyl (C=O) groups is 1. The molecule has 2 atom stereocenters. The van der Waals surface area contributed by atoms with Crippen LogP contribution in [0.15, 0.2) is 66.7 Å². The standard InChI is InChI=1S/C27H31NO2/c1-3-27(29)22-10-6-11-23(18-22)28-16-17-30-19-24(28)15-14-20(2)25-13-7-9-21-8-4-5-12-26(21)25/h4-13,18,20,24H,3,14-17,19H2,1-2H3/t20-,24?/m0/s1. The van der Waals surface area contributed by atoms with Gasteiger partial charge in [0, 0.05) is 24.2 Å². The van der Waals surface area contributed by atoms with Crippen molar-refractivity contribution in [1.82, 2.24) is 0 Å². The van der Waals surface area contributed by atoms with Gasteiger partial charge in [0.25, 0.3) is 0 Å². The second kappa shape index (κ2) is 9.44. The second-order valence-electron chi connectivity index (χ2n) is 8.30. The van der Waals surface area contributed by atoms with Crippen LogP contribution in [-0.2, 0) is 4.74 Å². The fourth-order valence-corrected chi connectivity index (χ4v) is 4.57. The molecule has 0 bridgehead atoms. The number of anilines is 1. The van der Waals surface area contributed by atoms with Gasteiger partial charge in [0.05, 0.1) is 19.3 Å². The first-order valence-corrected chi connectivity index (χ1v) is 11.1. The molecule has 0 spiro atoms. The zero-order valence-corrected chi connectivity index (χ0v) is 18.0. The van der Waals surface area contributed by atoms with Crippen LogP contribution in [-0.4, -0.2) is 31.6 Å². The van der Waals surface area contributed by atoms with E-state index in [1.807, 2.05) is 19.1 Å². The van der Waals surface area contributed by atoms with Gasteiger partial charge in [-0.15, -0.1) is 0 Å². The number of fused-ring (bicyclic) bond motifs is 1. The molecule has 1 unspecified atom stereocenters. The van der Waals surface area contributed by atoms with Gasteiger partial charge in [0.15, 0.2) is 5.78 Å². The SMILES string of the molecule is CCC(=O)c1cccc(N2CCOCC2CC[C@H](C)c2cccc3ccccc23)c1. The van der Waals surface area contributed by atoms with Crippen molar-refractivity contribution in [1.29, 1.82) is 0 Å². The topological polar surface area (TPSA) is 29.5 Å². The molecule has 156 valence electrons. The highest BCUT2D eigenvalue weighted by Gasteiger charge is 2.24. The number of carbonyl (C=O) groups excluding carboxylic acids is 1. The van der Waals surface area contributed by atoms with Crippen LogP contribution in [0.4, 0.5) is 5.69 Å². The van der Waals surface area contributed by atoms with Crippen molar-refractivity contribution in [3.63, 3.8) is 0 Å². The number of nitrogens with zero attached hydrogens (tertiary/aromatic N) is 1. The third-order valence-electron chi connectivity index (χ3n) is 6.34. The Morgan fingerprint density at radius 1 is 1.10 bits per heavy atom. The Balaban J connectivity index is 1.49. The third kappa shape index (κ3) is 4.41. The van der Waals surface area contributed by atoms with E-state index in [1.54, 1.807) is 0 Å². The molecule has 1 aliphatic rings. The summed E-state index contributed by atoms with van der Waals surface area (Å²) in [6.45, 7) is 6.60. The molecular formula is C27H31NO2. The van der Waals surface area contributed by atoms with E-state index in [0.29, 0.717) is 18.4 Å². The Bertz CT molecular complexity index is 1010. The minimum absolute atomic E-state index is 0.200. The number of rotatable bonds is 7. The lowest BCUT2D eigenvalue weighted by molar-refractivity contribution is 0.0904. The maximum absolute atomic E-state index is 12.2. The van der Waals surface area contributed by atoms with Gasteiger partial charge >= 0.3 is 0 Å². The van der Waals surface area contributed by atoms with Crippen molar-refractivity contribution in [2.75, 3.05) is 24.7 Å². The Morgan fingerprint density at radius 3 is 2.77 bits per heavy atom. The lowest BCUT2D eigenvalue weighted by Crippen LogP contribution is -2.45. The van der Waals surface area contributed by atoms with Crippen LogP contribution >= 0.6 is 0 Å². The van der Waals surface area contributed by atoms with Gasteiger partial charge in [-0.1, -0.05) is 68.4 Å². The number of ketones is 1. The van der Waals surface area contributed by atoms with E-state index in [1.165, 1.54) is 16.3 Å². The predicted molar refractivity (Wildman–Crippen MR) is 125 cm³/mol. The highest BCUT2D eigenvalue weighted by Crippen LogP contribution is 2.31. The van der Waals surface area contributed by atoms with Gasteiger partial charge in [-0.25, -0.2) is 0 Å². The molecule has 3 nitrogen and oxygen atoms in total. The van der Waals surface area contributed by atoms with Crippen LogP contribution in [0, 0.1) is 0 Å². The summed E-state index contributed by atoms with van der Waals surface area (Å²) in [5.74, 6) is 0.680. The monoisotopic (exact) mass is 401 g/mol. The highest BCUT2D eigenvalue weighted by molar-refractivity contribution is 5.96. The summed E-state index contributed by atoms with van der Waals surface area (Å²) in [5.41, 5.74) is 3.37. The van der Waals surface area contributed by atoms with Gasteiger partial charge in [-0.2, -0.15) is 0 Å². The van der Waals surface area contributed by atoms with E-state index < -0.39 is 0 Å². The smallest absolute Gasteiger partial charge is 0.162 e. The first-order valence-electron chi connectivity index (χ1n) is 11.1. The molecule has 0 N–H and O–H groups in total. The minimum atomic E-state index is 0.200. The molecule has 1 fully saturated rings. The molecule has 0 amide bonds. The van der Waals surface area contributed by atoms with Crippen molar-refractivity contribution < 1.29 is 9.53 Å². The number of benzene rings is 3. The van der Waals surface area contributed by atoms with Gasteiger partial charge in [0.2, 0.25) is 0 Å². The summed E-state index contributed by atoms with van der Waals surface area (Å²) in [6.07, 6.45) is 2.71. The van der Waals surface area contributed by atoms with Gasteiger partial charge in [-0.05, 0) is 47.2 Å². The zero-order chi connectivity index (χ0) is 20.9. The van der Waals surface area contributed by atoms with E-state index in [9.17, 15) is 4.79 Å². The quantitative estimate of drug-likeness (QED) is 0.440. The average molecular weight is 402 g/mol. The summed E-state index contributed by atoms with van der Waals surface area (Å²) in [6, 6.07) is 23.7. The lowest BCUT2D eigenvalue weighted by Gasteiger charge is -2.38. The molecule has 0 aliphatic carbocycles. The molecule has 30 heavy (non-hydrogen) atoms. The first-order chi connectivity index (χ1) is 14.7. The Labute approximate surface area is 179 Å². The van der Waals surface area contributed by atoms with Crippen LogP contribution < -0.4 is 4.90 Å². The third-order valence-corrected chi connectivity index (χ3v) is 6.34. The summed E-state index contributed by atoms with van der Waals surface area (Å²) in [5, 5.41) is 2.66. The van der Waals surface area contributed by atoms with E-state index in [2.05, 4.69) is 66.4 Å². The Morgan fingerprint density at radius 2 is 1.90 bits per heavy atom.